The van der Waals surface area contributed by atoms with E-state index in [0.29, 0.717) is 0 Å². The van der Waals surface area contributed by atoms with Crippen molar-refractivity contribution in [2.24, 2.45) is 0 Å². The van der Waals surface area contributed by atoms with Crippen molar-refractivity contribution in [1.82, 2.24) is 0 Å². The third-order valence-electron chi connectivity index (χ3n) is 0. The SMILES string of the molecule is Cl.Cl.Cl.Cl.[H-].[H-].[Li+].[Li+]. The molecular formula is H6Cl4Li2. The molecule has 0 saturated carbocycles. The van der Waals surface area contributed by atoms with E-state index in [4.69, 9.17) is 0 Å². The fourth-order valence-electron chi connectivity index (χ4n) is 0. The van der Waals surface area contributed by atoms with Crippen LogP contribution in [0, 0.1) is 0 Å². The van der Waals surface area contributed by atoms with Crippen molar-refractivity contribution in [3.63, 3.8) is 0 Å². The van der Waals surface area contributed by atoms with E-state index in [2.05, 4.69) is 0 Å². The Hall–Kier alpha value is 2.35. The van der Waals surface area contributed by atoms with Crippen molar-refractivity contribution in [3.8, 4) is 0 Å². The molecule has 0 fully saturated rings. The van der Waals surface area contributed by atoms with Gasteiger partial charge in [-0.25, -0.2) is 0 Å². The van der Waals surface area contributed by atoms with E-state index in [1.54, 1.807) is 0 Å². The first-order valence-electron chi connectivity index (χ1n) is 0. The van der Waals surface area contributed by atoms with Gasteiger partial charge in [0.05, 0.1) is 0 Å². The molecule has 0 unspecified atom stereocenters. The topological polar surface area (TPSA) is 0 Å². The van der Waals surface area contributed by atoms with Gasteiger partial charge in [0.25, 0.3) is 0 Å². The third-order valence-corrected chi connectivity index (χ3v) is 0. The largest absolute Gasteiger partial charge is 1.00 e. The van der Waals surface area contributed by atoms with E-state index in [1.807, 2.05) is 0 Å². The zero-order valence-corrected chi connectivity index (χ0v) is 6.90. The summed E-state index contributed by atoms with van der Waals surface area (Å²) in [5.41, 5.74) is 0. The molecule has 0 aliphatic heterocycles. The molecule has 0 N–H and O–H groups in total. The summed E-state index contributed by atoms with van der Waals surface area (Å²) in [6.45, 7) is 0. The van der Waals surface area contributed by atoms with E-state index in [0.717, 1.165) is 0 Å². The van der Waals surface area contributed by atoms with Crippen molar-refractivity contribution in [2.45, 2.75) is 0 Å². The molecule has 0 atom stereocenters. The maximum absolute atomic E-state index is 0. The summed E-state index contributed by atoms with van der Waals surface area (Å²) < 4.78 is 0. The summed E-state index contributed by atoms with van der Waals surface area (Å²) in [6.07, 6.45) is 0. The minimum Gasteiger partial charge on any atom is -1.00 e. The Kier molecular flexibility index (Phi) is 728. The van der Waals surface area contributed by atoms with Crippen LogP contribution in [0.15, 0.2) is 0 Å². The third kappa shape index (κ3) is 32.9. The molecule has 0 aromatic heterocycles. The average Bonchev–Trinajstić information content (AvgIpc) is 0. The van der Waals surface area contributed by atoms with Crippen molar-refractivity contribution in [1.29, 1.82) is 0 Å². The monoisotopic (exact) mass is 160 g/mol. The van der Waals surface area contributed by atoms with Gasteiger partial charge < -0.3 is 2.85 Å². The summed E-state index contributed by atoms with van der Waals surface area (Å²) in [7, 11) is 0. The van der Waals surface area contributed by atoms with Gasteiger partial charge in [-0.05, 0) is 0 Å². The number of halogens is 4. The molecule has 0 heterocycles. The number of hydrogen-bond donors (Lipinski definition) is 0. The fraction of sp³-hybridized carbons (Fsp3) is 0. The van der Waals surface area contributed by atoms with Crippen LogP contribution >= 0.6 is 49.6 Å². The van der Waals surface area contributed by atoms with Crippen LogP contribution in [0.1, 0.15) is 2.85 Å². The molecule has 0 saturated heterocycles. The van der Waals surface area contributed by atoms with Gasteiger partial charge in [0, 0.05) is 0 Å². The van der Waals surface area contributed by atoms with Crippen LogP contribution in [-0.2, 0) is 0 Å². The molecule has 0 aliphatic rings. The normalized spacial score (nSPS) is 0. The molecule has 6 heavy (non-hydrogen) atoms. The van der Waals surface area contributed by atoms with E-state index >= 15 is 0 Å². The molecule has 0 aliphatic carbocycles. The molecule has 0 amide bonds. The number of rotatable bonds is 0. The summed E-state index contributed by atoms with van der Waals surface area (Å²) in [5.74, 6) is 0. The van der Waals surface area contributed by atoms with Gasteiger partial charge in [0.15, 0.2) is 0 Å². The first-order chi connectivity index (χ1) is 0. The molecule has 0 nitrogen and oxygen atoms in total. The Morgan fingerprint density at radius 1 is 0.500 bits per heavy atom. The second kappa shape index (κ2) is 53.6. The first-order valence-corrected chi connectivity index (χ1v) is 0. The molecule has 0 radical (unpaired) electrons. The van der Waals surface area contributed by atoms with Gasteiger partial charge in [-0.1, -0.05) is 0 Å². The zero-order chi connectivity index (χ0) is 0. The van der Waals surface area contributed by atoms with Gasteiger partial charge in [-0.15, -0.1) is 49.6 Å². The van der Waals surface area contributed by atoms with Crippen molar-refractivity contribution in [3.05, 3.63) is 0 Å². The van der Waals surface area contributed by atoms with Crippen LogP contribution < -0.4 is 37.7 Å². The smallest absolute Gasteiger partial charge is 1.00 e. The average molecular weight is 162 g/mol. The minimum atomic E-state index is 0. The van der Waals surface area contributed by atoms with E-state index < -0.39 is 0 Å². The Bertz CT molecular complexity index is 12.0. The number of hydrogen-bond acceptors (Lipinski definition) is 0. The van der Waals surface area contributed by atoms with E-state index in [-0.39, 0.29) is 90.2 Å². The van der Waals surface area contributed by atoms with E-state index in [9.17, 15) is 0 Å². The van der Waals surface area contributed by atoms with Crippen LogP contribution in [0.2, 0.25) is 0 Å². The summed E-state index contributed by atoms with van der Waals surface area (Å²) in [4.78, 5) is 0. The van der Waals surface area contributed by atoms with Crippen LogP contribution in [0.3, 0.4) is 0 Å². The Labute approximate surface area is 89.5 Å². The van der Waals surface area contributed by atoms with Crippen LogP contribution in [-0.4, -0.2) is 0 Å². The maximum atomic E-state index is 0. The van der Waals surface area contributed by atoms with Crippen LogP contribution in [0.4, 0.5) is 0 Å². The Morgan fingerprint density at radius 2 is 0.500 bits per heavy atom. The second-order valence-electron chi connectivity index (χ2n) is 0. The molecule has 0 rings (SSSR count). The molecule has 6 heteroatoms. The molecule has 0 bridgehead atoms. The Balaban J connectivity index is 0. The molecule has 0 spiro atoms. The zero-order valence-electron chi connectivity index (χ0n) is 5.63. The first kappa shape index (κ1) is 81.5. The fourth-order valence-corrected chi connectivity index (χ4v) is 0. The molecule has 0 aromatic carbocycles. The minimum absolute atomic E-state index is 0. The quantitative estimate of drug-likeness (QED) is 0.317. The van der Waals surface area contributed by atoms with Gasteiger partial charge >= 0.3 is 37.7 Å². The summed E-state index contributed by atoms with van der Waals surface area (Å²) >= 11 is 0. The van der Waals surface area contributed by atoms with Gasteiger partial charge in [0.1, 0.15) is 0 Å². The Morgan fingerprint density at radius 3 is 0.500 bits per heavy atom. The molecule has 36 valence electrons. The van der Waals surface area contributed by atoms with Gasteiger partial charge in [-0.3, -0.25) is 0 Å². The second-order valence-corrected chi connectivity index (χ2v) is 0. The van der Waals surface area contributed by atoms with Gasteiger partial charge in [0.2, 0.25) is 0 Å². The maximum Gasteiger partial charge on any atom is 1.00 e. The summed E-state index contributed by atoms with van der Waals surface area (Å²) in [6, 6.07) is 0. The van der Waals surface area contributed by atoms with Crippen molar-refractivity contribution < 1.29 is 40.6 Å². The van der Waals surface area contributed by atoms with Gasteiger partial charge in [-0.2, -0.15) is 0 Å². The van der Waals surface area contributed by atoms with Crippen LogP contribution in [0.5, 0.6) is 0 Å². The predicted molar refractivity (Wildman–Crippen MR) is 31.2 cm³/mol. The predicted octanol–water partition coefficient (Wildman–Crippen LogP) is -4.08. The van der Waals surface area contributed by atoms with Crippen molar-refractivity contribution >= 4 is 49.6 Å². The molecule has 0 aromatic rings. The summed E-state index contributed by atoms with van der Waals surface area (Å²) in [5, 5.41) is 0. The van der Waals surface area contributed by atoms with Crippen LogP contribution in [0.25, 0.3) is 0 Å². The molecular weight excluding hydrogens is 156 g/mol. The standard InChI is InChI=1S/4ClH.2Li.2H/h4*1H;;;;/q;;;;2*+1;2*-1. The van der Waals surface area contributed by atoms with Crippen molar-refractivity contribution in [2.75, 3.05) is 0 Å². The van der Waals surface area contributed by atoms with E-state index in [1.165, 1.54) is 0 Å².